The van der Waals surface area contributed by atoms with E-state index in [9.17, 15) is 19.2 Å². The van der Waals surface area contributed by atoms with Gasteiger partial charge in [0.2, 0.25) is 0 Å². The van der Waals surface area contributed by atoms with Gasteiger partial charge in [0.15, 0.2) is 11.6 Å². The number of benzene rings is 4. The molecule has 4 aromatic carbocycles. The fourth-order valence-electron chi connectivity index (χ4n) is 5.02. The van der Waals surface area contributed by atoms with E-state index in [0.29, 0.717) is 54.7 Å². The number of hydrogen-bond acceptors (Lipinski definition) is 8. The summed E-state index contributed by atoms with van der Waals surface area (Å²) in [6.07, 6.45) is 2.23. The van der Waals surface area contributed by atoms with Crippen LogP contribution in [-0.4, -0.2) is 52.7 Å². The number of hydrogen-bond donors (Lipinski definition) is 0. The molecule has 8 nitrogen and oxygen atoms in total. The molecule has 0 aliphatic heterocycles. The van der Waals surface area contributed by atoms with Crippen molar-refractivity contribution >= 4 is 90.8 Å². The van der Waals surface area contributed by atoms with Crippen molar-refractivity contribution in [2.24, 2.45) is 0 Å². The highest BCUT2D eigenvalue weighted by molar-refractivity contribution is 8.14. The Hall–Kier alpha value is -4.22. The molecule has 0 bridgehead atoms. The zero-order valence-corrected chi connectivity index (χ0v) is 27.9. The molecule has 0 amide bonds. The first kappa shape index (κ1) is 32.7. The maximum Gasteiger partial charge on any atom is 0.264 e. The van der Waals surface area contributed by atoms with Crippen molar-refractivity contribution in [3.05, 3.63) is 130 Å². The number of nitrogens with zero attached hydrogens (tertiary/aromatic N) is 4. The fraction of sp³-hybridized carbons (Fsp3) is 0.143. The average Bonchev–Trinajstić information content (AvgIpc) is 3.67. The summed E-state index contributed by atoms with van der Waals surface area (Å²) in [5, 5.41) is 0.432. The lowest BCUT2D eigenvalue weighted by Gasteiger charge is -2.08. The van der Waals surface area contributed by atoms with Crippen molar-refractivity contribution in [3.8, 4) is 0 Å². The van der Waals surface area contributed by atoms with Gasteiger partial charge in [-0.2, -0.15) is 0 Å². The molecule has 0 fully saturated rings. The van der Waals surface area contributed by atoms with Gasteiger partial charge in [-0.3, -0.25) is 28.3 Å². The van der Waals surface area contributed by atoms with Gasteiger partial charge in [-0.05, 0) is 85.6 Å². The van der Waals surface area contributed by atoms with E-state index in [4.69, 9.17) is 23.2 Å². The van der Waals surface area contributed by atoms with E-state index in [-0.39, 0.29) is 33.7 Å². The van der Waals surface area contributed by atoms with Gasteiger partial charge in [0.05, 0.1) is 22.1 Å². The van der Waals surface area contributed by atoms with Gasteiger partial charge in [-0.15, -0.1) is 0 Å². The first-order valence-electron chi connectivity index (χ1n) is 14.7. The number of unbranched alkanes of at least 4 members (excludes halogenated alkanes) is 2. The van der Waals surface area contributed by atoms with Gasteiger partial charge in [0.1, 0.15) is 0 Å². The minimum atomic E-state index is -0.357. The fourth-order valence-corrected chi connectivity index (χ4v) is 6.87. The average molecular weight is 702 g/mol. The molecule has 47 heavy (non-hydrogen) atoms. The van der Waals surface area contributed by atoms with Gasteiger partial charge in [-0.1, -0.05) is 77.4 Å². The van der Waals surface area contributed by atoms with E-state index in [2.05, 4.69) is 9.97 Å². The number of fused-ring (bicyclic) bond motifs is 2. The van der Waals surface area contributed by atoms with Crippen LogP contribution in [0, 0.1) is 0 Å². The first-order chi connectivity index (χ1) is 22.8. The highest BCUT2D eigenvalue weighted by Crippen LogP contribution is 2.25. The molecule has 12 heteroatoms. The SMILES string of the molecule is O=C(SCCCCCSC(=O)c1nc2ccccc2n1C(=O)c1ccc(Cl)cc1)c1nc2ccccc2n1C(=O)c1ccc(Cl)cc1. The number of aromatic nitrogens is 4. The molecule has 0 saturated heterocycles. The molecule has 0 aliphatic carbocycles. The standard InChI is InChI=1S/C35H26Cl2N4O4S2/c36-24-16-12-22(13-17-24)32(42)40-28-10-4-2-8-26(28)38-30(40)34(44)46-20-6-1-7-21-47-35(45)31-39-27-9-3-5-11-29(27)41(31)33(43)23-14-18-25(37)19-15-23/h2-5,8-19H,1,6-7,20-21H2. The second-order valence-corrected chi connectivity index (χ2v) is 13.5. The van der Waals surface area contributed by atoms with E-state index in [1.807, 2.05) is 12.1 Å². The second-order valence-electron chi connectivity index (χ2n) is 10.5. The molecular formula is C35H26Cl2N4O4S2. The second kappa shape index (κ2) is 14.7. The maximum absolute atomic E-state index is 13.4. The Morgan fingerprint density at radius 1 is 0.532 bits per heavy atom. The first-order valence-corrected chi connectivity index (χ1v) is 17.4. The minimum absolute atomic E-state index is 0.0772. The molecule has 0 atom stereocenters. The third-order valence-corrected chi connectivity index (χ3v) is 9.71. The Kier molecular flexibility index (Phi) is 10.2. The molecule has 6 aromatic rings. The van der Waals surface area contributed by atoms with Crippen LogP contribution in [0.4, 0.5) is 0 Å². The van der Waals surface area contributed by atoms with E-state index in [1.54, 1.807) is 84.9 Å². The summed E-state index contributed by atoms with van der Waals surface area (Å²) in [5.41, 5.74) is 3.03. The van der Waals surface area contributed by atoms with Crippen molar-refractivity contribution in [1.82, 2.24) is 19.1 Å². The number of carbonyl (C=O) groups excluding carboxylic acids is 4. The van der Waals surface area contributed by atoms with E-state index < -0.39 is 0 Å². The monoisotopic (exact) mass is 700 g/mol. The van der Waals surface area contributed by atoms with Crippen LogP contribution in [0.15, 0.2) is 97.1 Å². The van der Waals surface area contributed by atoms with E-state index in [1.165, 1.54) is 9.13 Å². The Morgan fingerprint density at radius 2 is 0.915 bits per heavy atom. The van der Waals surface area contributed by atoms with Crippen LogP contribution in [0.25, 0.3) is 22.1 Å². The van der Waals surface area contributed by atoms with Gasteiger partial charge < -0.3 is 0 Å². The number of carbonyl (C=O) groups is 4. The Morgan fingerprint density at radius 3 is 1.32 bits per heavy atom. The molecular weight excluding hydrogens is 675 g/mol. The molecule has 2 heterocycles. The lowest BCUT2D eigenvalue weighted by atomic mass is 10.2. The van der Waals surface area contributed by atoms with Crippen LogP contribution in [0.2, 0.25) is 10.0 Å². The third kappa shape index (κ3) is 7.21. The summed E-state index contributed by atoms with van der Waals surface area (Å²) >= 11 is 14.2. The van der Waals surface area contributed by atoms with Gasteiger partial charge in [-0.25, -0.2) is 9.97 Å². The summed E-state index contributed by atoms with van der Waals surface area (Å²) in [5.74, 6) is 0.498. The molecule has 2 aromatic heterocycles. The van der Waals surface area contributed by atoms with Crippen molar-refractivity contribution < 1.29 is 19.2 Å². The summed E-state index contributed by atoms with van der Waals surface area (Å²) in [6.45, 7) is 0. The highest BCUT2D eigenvalue weighted by atomic mass is 35.5. The molecule has 6 rings (SSSR count). The van der Waals surface area contributed by atoms with E-state index in [0.717, 1.165) is 42.8 Å². The van der Waals surface area contributed by atoms with Crippen LogP contribution >= 0.6 is 46.7 Å². The Bertz CT molecular complexity index is 1970. The Labute approximate surface area is 288 Å². The normalized spacial score (nSPS) is 11.3. The molecule has 236 valence electrons. The number of halogens is 2. The maximum atomic E-state index is 13.4. The number of imidazole rings is 2. The van der Waals surface area contributed by atoms with Crippen molar-refractivity contribution in [2.45, 2.75) is 19.3 Å². The van der Waals surface area contributed by atoms with Gasteiger partial charge in [0, 0.05) is 32.7 Å². The van der Waals surface area contributed by atoms with Gasteiger partial charge >= 0.3 is 0 Å². The third-order valence-electron chi connectivity index (χ3n) is 7.33. The molecule has 0 saturated carbocycles. The molecule has 0 unspecified atom stereocenters. The lowest BCUT2D eigenvalue weighted by molar-refractivity contribution is 0.0942. The predicted molar refractivity (Wildman–Crippen MR) is 189 cm³/mol. The van der Waals surface area contributed by atoms with Crippen LogP contribution in [0.1, 0.15) is 61.2 Å². The zero-order chi connectivity index (χ0) is 32.9. The highest BCUT2D eigenvalue weighted by Gasteiger charge is 2.25. The molecule has 0 aliphatic rings. The van der Waals surface area contributed by atoms with E-state index >= 15 is 0 Å². The number of thioether (sulfide) groups is 2. The molecule has 0 radical (unpaired) electrons. The van der Waals surface area contributed by atoms with Gasteiger partial charge in [0.25, 0.3) is 22.0 Å². The summed E-state index contributed by atoms with van der Waals surface area (Å²) in [6, 6.07) is 27.3. The molecule has 0 spiro atoms. The summed E-state index contributed by atoms with van der Waals surface area (Å²) in [4.78, 5) is 62.3. The van der Waals surface area contributed by atoms with Crippen LogP contribution in [0.3, 0.4) is 0 Å². The van der Waals surface area contributed by atoms with Crippen LogP contribution in [0.5, 0.6) is 0 Å². The smallest absolute Gasteiger partial charge is 0.264 e. The van der Waals surface area contributed by atoms with Crippen LogP contribution < -0.4 is 0 Å². The quantitative estimate of drug-likeness (QED) is 0.131. The summed E-state index contributed by atoms with van der Waals surface area (Å²) in [7, 11) is 0. The van der Waals surface area contributed by atoms with Crippen molar-refractivity contribution in [1.29, 1.82) is 0 Å². The predicted octanol–water partition coefficient (Wildman–Crippen LogP) is 8.69. The number of rotatable bonds is 10. The summed E-state index contributed by atoms with van der Waals surface area (Å²) < 4.78 is 2.72. The number of para-hydroxylation sites is 4. The topological polar surface area (TPSA) is 104 Å². The largest absolute Gasteiger partial charge is 0.278 e. The lowest BCUT2D eigenvalue weighted by Crippen LogP contribution is -2.18. The zero-order valence-electron chi connectivity index (χ0n) is 24.8. The van der Waals surface area contributed by atoms with Crippen LogP contribution in [-0.2, 0) is 0 Å². The minimum Gasteiger partial charge on any atom is -0.278 e. The van der Waals surface area contributed by atoms with Crippen molar-refractivity contribution in [3.63, 3.8) is 0 Å². The molecule has 0 N–H and O–H groups in total. The van der Waals surface area contributed by atoms with Crippen molar-refractivity contribution in [2.75, 3.05) is 11.5 Å². The Balaban J connectivity index is 1.04.